The summed E-state index contributed by atoms with van der Waals surface area (Å²) >= 11 is 0. The molecule has 0 bridgehead atoms. The van der Waals surface area contributed by atoms with Crippen LogP contribution >= 0.6 is 0 Å². The van der Waals surface area contributed by atoms with Crippen molar-refractivity contribution < 1.29 is 4.74 Å². The van der Waals surface area contributed by atoms with Crippen LogP contribution in [0.4, 0.5) is 0 Å². The van der Waals surface area contributed by atoms with Crippen molar-refractivity contribution >= 4 is 0 Å². The van der Waals surface area contributed by atoms with Crippen molar-refractivity contribution in [3.05, 3.63) is 35.9 Å². The first kappa shape index (κ1) is 10.7. The van der Waals surface area contributed by atoms with Gasteiger partial charge in [-0.15, -0.1) is 0 Å². The fourth-order valence-corrected chi connectivity index (χ4v) is 2.30. The molecule has 82 valence electrons. The molecule has 1 fully saturated rings. The second-order valence-corrected chi connectivity index (χ2v) is 4.21. The van der Waals surface area contributed by atoms with Crippen molar-refractivity contribution in [3.63, 3.8) is 0 Å². The van der Waals surface area contributed by atoms with Gasteiger partial charge in [0.2, 0.25) is 0 Å². The molecule has 0 saturated carbocycles. The summed E-state index contributed by atoms with van der Waals surface area (Å²) in [6.45, 7) is 3.14. The summed E-state index contributed by atoms with van der Waals surface area (Å²) in [5.74, 6) is 0. The molecule has 2 heteroatoms. The molecule has 1 aromatic carbocycles. The maximum absolute atomic E-state index is 5.25. The van der Waals surface area contributed by atoms with Gasteiger partial charge in [0.05, 0.1) is 6.61 Å². The standard InChI is InChI=1S/C13H19NO/c1-15-11-13-8-5-9-14(13)10-12-6-3-2-4-7-12/h2-4,6-7,13H,5,8-11H2,1H3/t13-/m1/s1. The normalized spacial score (nSPS) is 22.1. The van der Waals surface area contributed by atoms with Gasteiger partial charge < -0.3 is 4.74 Å². The molecule has 0 spiro atoms. The third-order valence-corrected chi connectivity index (χ3v) is 3.09. The highest BCUT2D eigenvalue weighted by Gasteiger charge is 2.23. The number of rotatable bonds is 4. The minimum Gasteiger partial charge on any atom is -0.383 e. The van der Waals surface area contributed by atoms with Gasteiger partial charge in [-0.2, -0.15) is 0 Å². The molecule has 1 aliphatic rings. The number of methoxy groups -OCH3 is 1. The van der Waals surface area contributed by atoms with Crippen LogP contribution in [0.1, 0.15) is 18.4 Å². The summed E-state index contributed by atoms with van der Waals surface area (Å²) < 4.78 is 5.25. The first-order chi connectivity index (χ1) is 7.40. The summed E-state index contributed by atoms with van der Waals surface area (Å²) in [6, 6.07) is 11.3. The maximum Gasteiger partial charge on any atom is 0.0618 e. The quantitative estimate of drug-likeness (QED) is 0.748. The Labute approximate surface area is 91.9 Å². The lowest BCUT2D eigenvalue weighted by Gasteiger charge is -2.23. The predicted molar refractivity (Wildman–Crippen MR) is 61.8 cm³/mol. The molecule has 2 rings (SSSR count). The summed E-state index contributed by atoms with van der Waals surface area (Å²) in [4.78, 5) is 2.53. The van der Waals surface area contributed by atoms with Crippen LogP contribution in [0.2, 0.25) is 0 Å². The van der Waals surface area contributed by atoms with Gasteiger partial charge >= 0.3 is 0 Å². The van der Waals surface area contributed by atoms with Crippen LogP contribution in [-0.4, -0.2) is 31.2 Å². The van der Waals surface area contributed by atoms with E-state index in [2.05, 4.69) is 35.2 Å². The average molecular weight is 205 g/mol. The van der Waals surface area contributed by atoms with Crippen molar-refractivity contribution in [2.24, 2.45) is 0 Å². The Bertz CT molecular complexity index is 286. The largest absolute Gasteiger partial charge is 0.383 e. The highest BCUT2D eigenvalue weighted by Crippen LogP contribution is 2.19. The van der Waals surface area contributed by atoms with Gasteiger partial charge in [-0.25, -0.2) is 0 Å². The predicted octanol–water partition coefficient (Wildman–Crippen LogP) is 2.30. The molecule has 2 nitrogen and oxygen atoms in total. The molecule has 0 aliphatic carbocycles. The number of likely N-dealkylation sites (tertiary alicyclic amines) is 1. The van der Waals surface area contributed by atoms with Crippen molar-refractivity contribution in [1.29, 1.82) is 0 Å². The molecule has 0 amide bonds. The molecule has 0 unspecified atom stereocenters. The van der Waals surface area contributed by atoms with E-state index in [0.29, 0.717) is 6.04 Å². The Morgan fingerprint density at radius 3 is 2.87 bits per heavy atom. The lowest BCUT2D eigenvalue weighted by molar-refractivity contribution is 0.112. The molecule has 1 aromatic rings. The van der Waals surface area contributed by atoms with Crippen LogP contribution < -0.4 is 0 Å². The number of benzene rings is 1. The van der Waals surface area contributed by atoms with Crippen LogP contribution in [-0.2, 0) is 11.3 Å². The van der Waals surface area contributed by atoms with E-state index in [9.17, 15) is 0 Å². The molecule has 0 radical (unpaired) electrons. The number of hydrogen-bond acceptors (Lipinski definition) is 2. The topological polar surface area (TPSA) is 12.5 Å². The molecule has 1 heterocycles. The van der Waals surface area contributed by atoms with Crippen molar-refractivity contribution in [2.75, 3.05) is 20.3 Å². The van der Waals surface area contributed by atoms with E-state index in [1.165, 1.54) is 24.9 Å². The van der Waals surface area contributed by atoms with E-state index < -0.39 is 0 Å². The number of ether oxygens (including phenoxy) is 1. The van der Waals surface area contributed by atoms with Gasteiger partial charge in [-0.1, -0.05) is 30.3 Å². The Morgan fingerprint density at radius 1 is 1.33 bits per heavy atom. The molecule has 15 heavy (non-hydrogen) atoms. The lowest BCUT2D eigenvalue weighted by Crippen LogP contribution is -2.32. The van der Waals surface area contributed by atoms with Crippen LogP contribution in [0.3, 0.4) is 0 Å². The van der Waals surface area contributed by atoms with Crippen LogP contribution in [0.15, 0.2) is 30.3 Å². The Morgan fingerprint density at radius 2 is 2.13 bits per heavy atom. The Kier molecular flexibility index (Phi) is 3.75. The highest BCUT2D eigenvalue weighted by atomic mass is 16.5. The van der Waals surface area contributed by atoms with E-state index in [4.69, 9.17) is 4.74 Å². The zero-order valence-corrected chi connectivity index (χ0v) is 9.36. The first-order valence-electron chi connectivity index (χ1n) is 5.67. The molecule has 1 aliphatic heterocycles. The smallest absolute Gasteiger partial charge is 0.0618 e. The monoisotopic (exact) mass is 205 g/mol. The summed E-state index contributed by atoms with van der Waals surface area (Å²) in [5, 5.41) is 0. The Hall–Kier alpha value is -0.860. The van der Waals surface area contributed by atoms with Gasteiger partial charge in [-0.3, -0.25) is 4.90 Å². The molecule has 1 saturated heterocycles. The van der Waals surface area contributed by atoms with Crippen LogP contribution in [0.25, 0.3) is 0 Å². The second-order valence-electron chi connectivity index (χ2n) is 4.21. The summed E-state index contributed by atoms with van der Waals surface area (Å²) in [6.07, 6.45) is 2.58. The molecule has 0 N–H and O–H groups in total. The fourth-order valence-electron chi connectivity index (χ4n) is 2.30. The lowest BCUT2D eigenvalue weighted by atomic mass is 10.2. The zero-order valence-electron chi connectivity index (χ0n) is 9.36. The minimum absolute atomic E-state index is 0.621. The van der Waals surface area contributed by atoms with Crippen molar-refractivity contribution in [3.8, 4) is 0 Å². The fraction of sp³-hybridized carbons (Fsp3) is 0.538. The number of hydrogen-bond donors (Lipinski definition) is 0. The number of nitrogens with zero attached hydrogens (tertiary/aromatic N) is 1. The van der Waals surface area contributed by atoms with Crippen molar-refractivity contribution in [1.82, 2.24) is 4.90 Å². The SMILES string of the molecule is COC[C@H]1CCCN1Cc1ccccc1. The van der Waals surface area contributed by atoms with Gasteiger partial charge in [0.15, 0.2) is 0 Å². The van der Waals surface area contributed by atoms with E-state index in [0.717, 1.165) is 13.2 Å². The summed E-state index contributed by atoms with van der Waals surface area (Å²) in [5.41, 5.74) is 1.40. The van der Waals surface area contributed by atoms with Crippen LogP contribution in [0, 0.1) is 0 Å². The molecular formula is C13H19NO. The van der Waals surface area contributed by atoms with Gasteiger partial charge in [0, 0.05) is 19.7 Å². The maximum atomic E-state index is 5.25. The third-order valence-electron chi connectivity index (χ3n) is 3.09. The minimum atomic E-state index is 0.621. The second kappa shape index (κ2) is 5.29. The van der Waals surface area contributed by atoms with Gasteiger partial charge in [0.1, 0.15) is 0 Å². The van der Waals surface area contributed by atoms with Crippen molar-refractivity contribution in [2.45, 2.75) is 25.4 Å². The van der Waals surface area contributed by atoms with E-state index in [-0.39, 0.29) is 0 Å². The van der Waals surface area contributed by atoms with Gasteiger partial charge in [0.25, 0.3) is 0 Å². The highest BCUT2D eigenvalue weighted by molar-refractivity contribution is 5.14. The van der Waals surface area contributed by atoms with E-state index >= 15 is 0 Å². The molecule has 0 aromatic heterocycles. The van der Waals surface area contributed by atoms with E-state index in [1.807, 2.05) is 0 Å². The third kappa shape index (κ3) is 2.80. The average Bonchev–Trinajstić information content (AvgIpc) is 2.68. The molecular weight excluding hydrogens is 186 g/mol. The van der Waals surface area contributed by atoms with E-state index in [1.54, 1.807) is 7.11 Å². The van der Waals surface area contributed by atoms with Gasteiger partial charge in [-0.05, 0) is 24.9 Å². The molecule has 1 atom stereocenters. The zero-order chi connectivity index (χ0) is 10.5. The Balaban J connectivity index is 1.93. The first-order valence-corrected chi connectivity index (χ1v) is 5.67. The summed E-state index contributed by atoms with van der Waals surface area (Å²) in [7, 11) is 1.79. The van der Waals surface area contributed by atoms with Crippen LogP contribution in [0.5, 0.6) is 0 Å².